The number of hydrogen-bond acceptors (Lipinski definition) is 3. The molecule has 0 heterocycles. The normalized spacial score (nSPS) is 17.9. The first-order chi connectivity index (χ1) is 8.24. The van der Waals surface area contributed by atoms with Gasteiger partial charge in [0.05, 0.1) is 12.7 Å². The van der Waals surface area contributed by atoms with Crippen molar-refractivity contribution in [2.75, 3.05) is 7.11 Å². The molecule has 0 aliphatic heterocycles. The Balaban J connectivity index is 0.00000162. The predicted octanol–water partition coefficient (Wildman–Crippen LogP) is 3.40. The molecule has 1 aromatic carbocycles. The topological polar surface area (TPSA) is 55.5 Å². The number of hydrogen-bond donors (Lipinski definition) is 2. The minimum absolute atomic E-state index is 0. The van der Waals surface area contributed by atoms with Crippen LogP contribution < -0.4 is 10.5 Å². The molecule has 0 bridgehead atoms. The zero-order valence-corrected chi connectivity index (χ0v) is 11.6. The van der Waals surface area contributed by atoms with E-state index >= 15 is 0 Å². The fourth-order valence-electron chi connectivity index (χ4n) is 2.77. The molecule has 0 aromatic heterocycles. The number of nitrogens with two attached hydrogens (primary N) is 1. The monoisotopic (exact) mass is 271 g/mol. The fraction of sp³-hybridized carbons (Fsp3) is 0.571. The Kier molecular flexibility index (Phi) is 5.76. The standard InChI is InChI=1S/C14H21NO2.ClH/c1-17-12-9-5-8-11(16)13(12)14(15)10-6-3-2-4-7-10;/h5,8-10,14,16H,2-4,6-7,15H2,1H3;1H/t14-;/m1./s1. The summed E-state index contributed by atoms with van der Waals surface area (Å²) in [4.78, 5) is 0. The van der Waals surface area contributed by atoms with Crippen molar-refractivity contribution in [1.29, 1.82) is 0 Å². The minimum Gasteiger partial charge on any atom is -0.507 e. The van der Waals surface area contributed by atoms with E-state index in [1.165, 1.54) is 19.3 Å². The molecule has 2 rings (SSSR count). The smallest absolute Gasteiger partial charge is 0.127 e. The minimum atomic E-state index is -0.119. The van der Waals surface area contributed by atoms with Crippen molar-refractivity contribution in [2.24, 2.45) is 11.7 Å². The molecule has 1 aliphatic carbocycles. The molecule has 0 radical (unpaired) electrons. The second-order valence-corrected chi connectivity index (χ2v) is 4.82. The third-order valence-corrected chi connectivity index (χ3v) is 3.75. The third kappa shape index (κ3) is 3.09. The highest BCUT2D eigenvalue weighted by Gasteiger charge is 2.26. The number of benzene rings is 1. The molecular formula is C14H22ClNO2. The van der Waals surface area contributed by atoms with Crippen molar-refractivity contribution in [3.8, 4) is 11.5 Å². The third-order valence-electron chi connectivity index (χ3n) is 3.75. The van der Waals surface area contributed by atoms with Crippen LogP contribution >= 0.6 is 12.4 Å². The van der Waals surface area contributed by atoms with Gasteiger partial charge in [0.1, 0.15) is 11.5 Å². The van der Waals surface area contributed by atoms with E-state index < -0.39 is 0 Å². The highest BCUT2D eigenvalue weighted by atomic mass is 35.5. The highest BCUT2D eigenvalue weighted by Crippen LogP contribution is 2.40. The highest BCUT2D eigenvalue weighted by molar-refractivity contribution is 5.85. The van der Waals surface area contributed by atoms with E-state index in [9.17, 15) is 5.11 Å². The van der Waals surface area contributed by atoms with Crippen LogP contribution in [0.4, 0.5) is 0 Å². The van der Waals surface area contributed by atoms with Gasteiger partial charge in [-0.25, -0.2) is 0 Å². The number of ether oxygens (including phenoxy) is 1. The SMILES string of the molecule is COc1cccc(O)c1[C@H](N)C1CCCCC1.Cl. The van der Waals surface area contributed by atoms with Gasteiger partial charge in [-0.2, -0.15) is 0 Å². The molecule has 1 atom stereocenters. The van der Waals surface area contributed by atoms with Gasteiger partial charge in [0.25, 0.3) is 0 Å². The zero-order valence-electron chi connectivity index (χ0n) is 10.8. The van der Waals surface area contributed by atoms with Gasteiger partial charge in [-0.15, -0.1) is 12.4 Å². The van der Waals surface area contributed by atoms with Crippen molar-refractivity contribution >= 4 is 12.4 Å². The number of halogens is 1. The average Bonchev–Trinajstić information content (AvgIpc) is 2.38. The second-order valence-electron chi connectivity index (χ2n) is 4.82. The zero-order chi connectivity index (χ0) is 12.3. The molecule has 0 unspecified atom stereocenters. The lowest BCUT2D eigenvalue weighted by Gasteiger charge is -2.29. The summed E-state index contributed by atoms with van der Waals surface area (Å²) in [5, 5.41) is 9.96. The van der Waals surface area contributed by atoms with E-state index in [-0.39, 0.29) is 24.2 Å². The Morgan fingerprint density at radius 3 is 2.56 bits per heavy atom. The molecule has 0 amide bonds. The molecule has 1 aliphatic rings. The number of phenols is 1. The lowest BCUT2D eigenvalue weighted by Crippen LogP contribution is -2.24. The van der Waals surface area contributed by atoms with Crippen LogP contribution in [0.3, 0.4) is 0 Å². The summed E-state index contributed by atoms with van der Waals surface area (Å²) in [6, 6.07) is 5.20. The maximum absolute atomic E-state index is 9.96. The van der Waals surface area contributed by atoms with E-state index in [2.05, 4.69) is 0 Å². The molecule has 3 nitrogen and oxygen atoms in total. The molecule has 0 spiro atoms. The Morgan fingerprint density at radius 1 is 1.28 bits per heavy atom. The van der Waals surface area contributed by atoms with Gasteiger partial charge >= 0.3 is 0 Å². The Labute approximate surface area is 115 Å². The summed E-state index contributed by atoms with van der Waals surface area (Å²) in [6.07, 6.45) is 6.10. The number of methoxy groups -OCH3 is 1. The van der Waals surface area contributed by atoms with Crippen LogP contribution in [0.1, 0.15) is 43.7 Å². The largest absolute Gasteiger partial charge is 0.507 e. The average molecular weight is 272 g/mol. The molecule has 4 heteroatoms. The first-order valence-electron chi connectivity index (χ1n) is 6.35. The Morgan fingerprint density at radius 2 is 1.94 bits per heavy atom. The summed E-state index contributed by atoms with van der Waals surface area (Å²) in [6.45, 7) is 0. The lowest BCUT2D eigenvalue weighted by atomic mass is 9.81. The quantitative estimate of drug-likeness (QED) is 0.886. The van der Waals surface area contributed by atoms with Gasteiger partial charge < -0.3 is 15.6 Å². The van der Waals surface area contributed by atoms with Crippen molar-refractivity contribution in [2.45, 2.75) is 38.1 Å². The van der Waals surface area contributed by atoms with E-state index in [4.69, 9.17) is 10.5 Å². The number of phenolic OH excluding ortho intramolecular Hbond substituents is 1. The molecule has 18 heavy (non-hydrogen) atoms. The van der Waals surface area contributed by atoms with Crippen LogP contribution in [0.15, 0.2) is 18.2 Å². The predicted molar refractivity (Wildman–Crippen MR) is 75.4 cm³/mol. The maximum atomic E-state index is 9.96. The van der Waals surface area contributed by atoms with Crippen LogP contribution in [-0.2, 0) is 0 Å². The van der Waals surface area contributed by atoms with Crippen LogP contribution in [-0.4, -0.2) is 12.2 Å². The molecule has 102 valence electrons. The molecule has 1 fully saturated rings. The van der Waals surface area contributed by atoms with Crippen LogP contribution in [0.5, 0.6) is 11.5 Å². The van der Waals surface area contributed by atoms with E-state index in [1.807, 2.05) is 6.07 Å². The Hall–Kier alpha value is -0.930. The van der Waals surface area contributed by atoms with Crippen LogP contribution in [0.25, 0.3) is 0 Å². The van der Waals surface area contributed by atoms with Crippen molar-refractivity contribution in [3.05, 3.63) is 23.8 Å². The van der Waals surface area contributed by atoms with Crippen LogP contribution in [0, 0.1) is 5.92 Å². The molecule has 1 saturated carbocycles. The molecule has 0 saturated heterocycles. The van der Waals surface area contributed by atoms with Crippen molar-refractivity contribution in [3.63, 3.8) is 0 Å². The van der Waals surface area contributed by atoms with E-state index in [1.54, 1.807) is 19.2 Å². The van der Waals surface area contributed by atoms with Gasteiger partial charge in [-0.05, 0) is 30.9 Å². The van der Waals surface area contributed by atoms with E-state index in [0.717, 1.165) is 18.4 Å². The first kappa shape index (κ1) is 15.1. The van der Waals surface area contributed by atoms with Gasteiger partial charge in [-0.3, -0.25) is 0 Å². The van der Waals surface area contributed by atoms with Crippen molar-refractivity contribution in [1.82, 2.24) is 0 Å². The summed E-state index contributed by atoms with van der Waals surface area (Å²) >= 11 is 0. The lowest BCUT2D eigenvalue weighted by molar-refractivity contribution is 0.295. The number of aromatic hydroxyl groups is 1. The summed E-state index contributed by atoms with van der Waals surface area (Å²) < 4.78 is 5.30. The second kappa shape index (κ2) is 6.86. The van der Waals surface area contributed by atoms with Gasteiger partial charge in [0.2, 0.25) is 0 Å². The Bertz CT molecular complexity index is 378. The molecule has 1 aromatic rings. The number of rotatable bonds is 3. The van der Waals surface area contributed by atoms with Gasteiger partial charge in [0.15, 0.2) is 0 Å². The summed E-state index contributed by atoms with van der Waals surface area (Å²) in [5.41, 5.74) is 7.07. The van der Waals surface area contributed by atoms with Crippen LogP contribution in [0.2, 0.25) is 0 Å². The summed E-state index contributed by atoms with van der Waals surface area (Å²) in [7, 11) is 1.62. The van der Waals surface area contributed by atoms with Gasteiger partial charge in [0, 0.05) is 6.04 Å². The fourth-order valence-corrected chi connectivity index (χ4v) is 2.77. The molecular weight excluding hydrogens is 250 g/mol. The van der Waals surface area contributed by atoms with Crippen molar-refractivity contribution < 1.29 is 9.84 Å². The maximum Gasteiger partial charge on any atom is 0.127 e. The molecule has 3 N–H and O–H groups in total. The van der Waals surface area contributed by atoms with E-state index in [0.29, 0.717) is 11.7 Å². The van der Waals surface area contributed by atoms with Gasteiger partial charge in [-0.1, -0.05) is 25.3 Å². The first-order valence-corrected chi connectivity index (χ1v) is 6.35. The summed E-state index contributed by atoms with van der Waals surface area (Å²) in [5.74, 6) is 1.41.